The van der Waals surface area contributed by atoms with Crippen molar-refractivity contribution < 1.29 is 50.6 Å². The van der Waals surface area contributed by atoms with Gasteiger partial charge in [0, 0.05) is 30.5 Å². The number of carboxylic acids is 1. The lowest BCUT2D eigenvalue weighted by molar-refractivity contribution is -0.192. The lowest BCUT2D eigenvalue weighted by Crippen LogP contribution is -2.39. The van der Waals surface area contributed by atoms with E-state index < -0.39 is 29.9 Å². The van der Waals surface area contributed by atoms with Crippen LogP contribution in [0, 0.1) is 5.92 Å². The Bertz CT molecular complexity index is 1530. The van der Waals surface area contributed by atoms with Crippen molar-refractivity contribution in [1.29, 1.82) is 0 Å². The predicted molar refractivity (Wildman–Crippen MR) is 150 cm³/mol. The highest BCUT2D eigenvalue weighted by atomic mass is 19.4. The second-order valence-corrected chi connectivity index (χ2v) is 10.3. The van der Waals surface area contributed by atoms with E-state index in [4.69, 9.17) is 14.6 Å². The molecule has 242 valence electrons. The third-order valence-electron chi connectivity index (χ3n) is 7.17. The predicted octanol–water partition coefficient (Wildman–Crippen LogP) is 4.70. The first-order chi connectivity index (χ1) is 21.1. The van der Waals surface area contributed by atoms with Crippen LogP contribution >= 0.6 is 0 Å². The number of rotatable bonds is 8. The van der Waals surface area contributed by atoms with Gasteiger partial charge in [0.2, 0.25) is 5.91 Å². The summed E-state index contributed by atoms with van der Waals surface area (Å²) in [6.45, 7) is 1.14. The third-order valence-corrected chi connectivity index (χ3v) is 7.17. The zero-order valence-electron chi connectivity index (χ0n) is 24.1. The molecule has 1 fully saturated rings. The molecule has 0 bridgehead atoms. The summed E-state index contributed by atoms with van der Waals surface area (Å²) in [6.07, 6.45) is -7.38. The van der Waals surface area contributed by atoms with Crippen LogP contribution in [0.25, 0.3) is 5.69 Å². The maximum atomic E-state index is 13.8. The summed E-state index contributed by atoms with van der Waals surface area (Å²) in [5.41, 5.74) is 0.204. The number of benzene rings is 2. The summed E-state index contributed by atoms with van der Waals surface area (Å²) in [7, 11) is 3.17. The van der Waals surface area contributed by atoms with Gasteiger partial charge in [0.15, 0.2) is 5.69 Å². The number of nitrogens with one attached hydrogen (secondary N) is 1. The second kappa shape index (κ2) is 13.2. The van der Waals surface area contributed by atoms with E-state index >= 15 is 0 Å². The molecule has 10 nitrogen and oxygen atoms in total. The SMILES string of the molecule is COc1ccc(-n2nc(C(F)(F)F)c3c2C(=O)N(c2ccc(N(C)C(=O)CNCC4CC4)cc2)CC3)cc1.O=C(O)C(F)(F)F. The summed E-state index contributed by atoms with van der Waals surface area (Å²) in [5, 5.41) is 14.1. The molecule has 3 aromatic rings. The summed E-state index contributed by atoms with van der Waals surface area (Å²) in [6, 6.07) is 13.1. The molecule has 16 heteroatoms. The first kappa shape index (κ1) is 33.3. The van der Waals surface area contributed by atoms with Gasteiger partial charge in [0.25, 0.3) is 5.91 Å². The van der Waals surface area contributed by atoms with Crippen molar-refractivity contribution in [3.8, 4) is 11.4 Å². The van der Waals surface area contributed by atoms with Crippen molar-refractivity contribution in [3.05, 3.63) is 65.5 Å². The molecule has 0 unspecified atom stereocenters. The van der Waals surface area contributed by atoms with Crippen molar-refractivity contribution >= 4 is 29.2 Å². The standard InChI is InChI=1S/C27H28F3N5O3.C2HF3O2/c1-33(23(36)16-31-15-17-3-4-17)18-5-7-19(8-6-18)34-14-13-22-24(26(34)37)35(32-25(22)27(28,29)30)20-9-11-21(38-2)12-10-20;3-2(4,5)1(6)7/h5-12,17,31H,3-4,13-16H2,1-2H3;(H,6,7). The smallest absolute Gasteiger partial charge is 0.490 e. The number of nitrogens with zero attached hydrogens (tertiary/aromatic N) is 4. The average Bonchev–Trinajstić information content (AvgIpc) is 3.73. The molecular formula is C29H29F6N5O5. The largest absolute Gasteiger partial charge is 0.497 e. The molecule has 0 atom stereocenters. The zero-order chi connectivity index (χ0) is 33.1. The molecule has 1 aromatic heterocycles. The van der Waals surface area contributed by atoms with Crippen LogP contribution in [0.4, 0.5) is 37.7 Å². The molecular weight excluding hydrogens is 612 g/mol. The molecule has 2 heterocycles. The Morgan fingerprint density at radius 2 is 1.60 bits per heavy atom. The van der Waals surface area contributed by atoms with E-state index in [2.05, 4.69) is 10.4 Å². The summed E-state index contributed by atoms with van der Waals surface area (Å²) in [5.74, 6) is -2.22. The molecule has 2 amide bonds. The van der Waals surface area contributed by atoms with E-state index in [1.807, 2.05) is 0 Å². The van der Waals surface area contributed by atoms with Gasteiger partial charge in [-0.1, -0.05) is 0 Å². The van der Waals surface area contributed by atoms with Gasteiger partial charge >= 0.3 is 18.3 Å². The maximum Gasteiger partial charge on any atom is 0.490 e. The molecule has 5 rings (SSSR count). The van der Waals surface area contributed by atoms with Gasteiger partial charge in [-0.25, -0.2) is 9.48 Å². The lowest BCUT2D eigenvalue weighted by atomic mass is 10.0. The normalized spacial score (nSPS) is 14.8. The molecule has 0 radical (unpaired) electrons. The second-order valence-electron chi connectivity index (χ2n) is 10.3. The van der Waals surface area contributed by atoms with Gasteiger partial charge in [-0.05, 0) is 80.3 Å². The zero-order valence-corrected chi connectivity index (χ0v) is 24.1. The average molecular weight is 642 g/mol. The molecule has 2 N–H and O–H groups in total. The number of hydrogen-bond donors (Lipinski definition) is 2. The van der Waals surface area contributed by atoms with Gasteiger partial charge in [-0.15, -0.1) is 0 Å². The fourth-order valence-corrected chi connectivity index (χ4v) is 4.57. The van der Waals surface area contributed by atoms with Crippen LogP contribution in [0.15, 0.2) is 48.5 Å². The number of carbonyl (C=O) groups is 3. The van der Waals surface area contributed by atoms with Gasteiger partial charge < -0.3 is 25.0 Å². The fraction of sp³-hybridized carbons (Fsp3) is 0.379. The quantitative estimate of drug-likeness (QED) is 0.343. The van der Waals surface area contributed by atoms with Crippen LogP contribution in [0.1, 0.15) is 34.6 Å². The Kier molecular flexibility index (Phi) is 9.75. The number of methoxy groups -OCH3 is 1. The van der Waals surface area contributed by atoms with E-state index in [1.165, 1.54) is 29.8 Å². The minimum absolute atomic E-state index is 0.00112. The molecule has 0 spiro atoms. The first-order valence-electron chi connectivity index (χ1n) is 13.6. The Labute approximate surface area is 253 Å². The monoisotopic (exact) mass is 641 g/mol. The Morgan fingerprint density at radius 3 is 2.11 bits per heavy atom. The van der Waals surface area contributed by atoms with Gasteiger partial charge in [0.1, 0.15) is 11.4 Å². The Morgan fingerprint density at radius 1 is 1.02 bits per heavy atom. The van der Waals surface area contributed by atoms with Crippen LogP contribution in [0.3, 0.4) is 0 Å². The van der Waals surface area contributed by atoms with E-state index in [1.54, 1.807) is 55.6 Å². The summed E-state index contributed by atoms with van der Waals surface area (Å²) >= 11 is 0. The number of carbonyl (C=O) groups excluding carboxylic acids is 2. The lowest BCUT2D eigenvalue weighted by Gasteiger charge is -2.28. The number of likely N-dealkylation sites (N-methyl/N-ethyl adjacent to an activating group) is 1. The summed E-state index contributed by atoms with van der Waals surface area (Å²) < 4.78 is 79.4. The highest BCUT2D eigenvalue weighted by Gasteiger charge is 2.43. The van der Waals surface area contributed by atoms with Gasteiger partial charge in [-0.3, -0.25) is 9.59 Å². The van der Waals surface area contributed by atoms with E-state index in [0.29, 0.717) is 28.7 Å². The van der Waals surface area contributed by atoms with Crippen molar-refractivity contribution in [2.24, 2.45) is 5.92 Å². The molecule has 1 saturated carbocycles. The molecule has 0 saturated heterocycles. The van der Waals surface area contributed by atoms with Crippen LogP contribution in [0.2, 0.25) is 0 Å². The number of aliphatic carboxylic acids is 1. The number of amides is 2. The number of aromatic nitrogens is 2. The molecule has 1 aliphatic heterocycles. The number of ether oxygens (including phenoxy) is 1. The number of carboxylic acid groups (broad SMARTS) is 1. The Balaban J connectivity index is 0.000000591. The van der Waals surface area contributed by atoms with Crippen molar-refractivity contribution in [1.82, 2.24) is 15.1 Å². The number of fused-ring (bicyclic) bond motifs is 1. The molecule has 2 aliphatic rings. The van der Waals surface area contributed by atoms with E-state index in [-0.39, 0.29) is 36.7 Å². The first-order valence-corrected chi connectivity index (χ1v) is 13.6. The topological polar surface area (TPSA) is 117 Å². The minimum atomic E-state index is -5.08. The van der Waals surface area contributed by atoms with Crippen molar-refractivity contribution in [2.45, 2.75) is 31.6 Å². The van der Waals surface area contributed by atoms with Gasteiger partial charge in [0.05, 0.1) is 19.3 Å². The van der Waals surface area contributed by atoms with Crippen molar-refractivity contribution in [2.75, 3.05) is 43.6 Å². The maximum absolute atomic E-state index is 13.8. The van der Waals surface area contributed by atoms with Crippen LogP contribution in [0.5, 0.6) is 5.75 Å². The minimum Gasteiger partial charge on any atom is -0.497 e. The van der Waals surface area contributed by atoms with Crippen LogP contribution in [-0.2, 0) is 22.2 Å². The number of alkyl halides is 6. The van der Waals surface area contributed by atoms with E-state index in [9.17, 15) is 35.9 Å². The third kappa shape index (κ3) is 7.92. The van der Waals surface area contributed by atoms with E-state index in [0.717, 1.165) is 11.2 Å². The Hall–Kier alpha value is -4.60. The highest BCUT2D eigenvalue weighted by Crippen LogP contribution is 2.37. The highest BCUT2D eigenvalue weighted by molar-refractivity contribution is 6.08. The molecule has 45 heavy (non-hydrogen) atoms. The van der Waals surface area contributed by atoms with Gasteiger partial charge in [-0.2, -0.15) is 31.4 Å². The number of hydrogen-bond acceptors (Lipinski definition) is 6. The summed E-state index contributed by atoms with van der Waals surface area (Å²) in [4.78, 5) is 38.0. The molecule has 2 aromatic carbocycles. The van der Waals surface area contributed by atoms with Crippen LogP contribution in [-0.4, -0.2) is 72.6 Å². The van der Waals surface area contributed by atoms with Crippen molar-refractivity contribution in [3.63, 3.8) is 0 Å². The fourth-order valence-electron chi connectivity index (χ4n) is 4.57. The van der Waals surface area contributed by atoms with Crippen LogP contribution < -0.4 is 19.9 Å². The number of halogens is 6. The molecule has 1 aliphatic carbocycles. The number of anilines is 2.